The number of carbonyl (C=O) groups excluding carboxylic acids is 3. The molecule has 0 bridgehead atoms. The van der Waals surface area contributed by atoms with E-state index in [1.807, 2.05) is 53.7 Å². The fraction of sp³-hybridized carbons (Fsp3) is 0.469. The number of H-pyrrole nitrogens is 1. The first-order valence-corrected chi connectivity index (χ1v) is 17.2. The minimum atomic E-state index is -4.09. The van der Waals surface area contributed by atoms with Gasteiger partial charge in [0.15, 0.2) is 0 Å². The number of amides is 3. The van der Waals surface area contributed by atoms with Crippen LogP contribution in [0.5, 0.6) is 0 Å². The van der Waals surface area contributed by atoms with E-state index in [0.29, 0.717) is 25.2 Å². The van der Waals surface area contributed by atoms with Gasteiger partial charge >= 0.3 is 0 Å². The Bertz CT molecular complexity index is 1780. The molecular weight excluding hydrogens is 637 g/mol. The molecule has 242 valence electrons. The molecule has 13 heteroatoms. The van der Waals surface area contributed by atoms with Crippen LogP contribution in [0.3, 0.4) is 0 Å². The fourth-order valence-electron chi connectivity index (χ4n) is 6.46. The zero-order valence-electron chi connectivity index (χ0n) is 26.2. The van der Waals surface area contributed by atoms with Gasteiger partial charge in [-0.05, 0) is 73.1 Å². The molecule has 2 aliphatic heterocycles. The number of sulfonamides is 1. The van der Waals surface area contributed by atoms with Crippen LogP contribution in [0, 0.1) is 25.2 Å². The van der Waals surface area contributed by atoms with E-state index in [-0.39, 0.29) is 44.8 Å². The normalized spacial score (nSPS) is 20.8. The van der Waals surface area contributed by atoms with Gasteiger partial charge in [0.2, 0.25) is 21.8 Å². The number of aromatic nitrogens is 1. The van der Waals surface area contributed by atoms with Crippen molar-refractivity contribution in [1.29, 1.82) is 0 Å². The van der Waals surface area contributed by atoms with Gasteiger partial charge < -0.3 is 20.1 Å². The van der Waals surface area contributed by atoms with E-state index in [4.69, 9.17) is 23.2 Å². The zero-order chi connectivity index (χ0) is 33.0. The molecule has 0 spiro atoms. The molecule has 3 aromatic rings. The van der Waals surface area contributed by atoms with Crippen LogP contribution < -0.4 is 10.0 Å². The van der Waals surface area contributed by atoms with Gasteiger partial charge in [-0.2, -0.15) is 0 Å². The van der Waals surface area contributed by atoms with Crippen LogP contribution in [0.25, 0.3) is 10.9 Å². The van der Waals surface area contributed by atoms with Crippen LogP contribution in [-0.4, -0.2) is 78.7 Å². The highest BCUT2D eigenvalue weighted by Gasteiger charge is 2.53. The number of aryl methyl sites for hydroxylation is 2. The summed E-state index contributed by atoms with van der Waals surface area (Å²) in [7, 11) is -4.09. The first-order chi connectivity index (χ1) is 21.0. The highest BCUT2D eigenvalue weighted by Crippen LogP contribution is 2.37. The molecule has 2 aromatic carbocycles. The molecule has 3 N–H and O–H groups in total. The van der Waals surface area contributed by atoms with Crippen molar-refractivity contribution in [3.8, 4) is 0 Å². The molecule has 2 saturated heterocycles. The van der Waals surface area contributed by atoms with Crippen LogP contribution in [0.15, 0.2) is 41.3 Å². The van der Waals surface area contributed by atoms with Crippen LogP contribution in [0.1, 0.15) is 55.7 Å². The molecule has 1 aromatic heterocycles. The number of halogens is 2. The monoisotopic (exact) mass is 675 g/mol. The average molecular weight is 677 g/mol. The Morgan fingerprint density at radius 1 is 1.07 bits per heavy atom. The second-order valence-corrected chi connectivity index (χ2v) is 15.9. The third kappa shape index (κ3) is 6.58. The van der Waals surface area contributed by atoms with Crippen molar-refractivity contribution in [2.75, 3.05) is 19.6 Å². The molecule has 2 fully saturated rings. The predicted molar refractivity (Wildman–Crippen MR) is 175 cm³/mol. The summed E-state index contributed by atoms with van der Waals surface area (Å²) in [5, 5.41) is 4.13. The molecule has 0 aliphatic carbocycles. The number of benzene rings is 2. The highest BCUT2D eigenvalue weighted by molar-refractivity contribution is 7.89. The molecule has 2 aliphatic rings. The molecule has 0 radical (unpaired) electrons. The topological polar surface area (TPSA) is 132 Å². The van der Waals surface area contributed by atoms with E-state index in [1.54, 1.807) is 9.80 Å². The lowest BCUT2D eigenvalue weighted by Crippen LogP contribution is -2.76. The largest absolute Gasteiger partial charge is 0.351 e. The van der Waals surface area contributed by atoms with E-state index >= 15 is 0 Å². The van der Waals surface area contributed by atoms with E-state index < -0.39 is 33.9 Å². The second-order valence-electron chi connectivity index (χ2n) is 13.3. The predicted octanol–water partition coefficient (Wildman–Crippen LogP) is 4.66. The summed E-state index contributed by atoms with van der Waals surface area (Å²) in [4.78, 5) is 47.2. The Morgan fingerprint density at radius 3 is 2.47 bits per heavy atom. The van der Waals surface area contributed by atoms with Crippen molar-refractivity contribution in [2.24, 2.45) is 11.3 Å². The van der Waals surface area contributed by atoms with Gasteiger partial charge in [-0.25, -0.2) is 13.1 Å². The first-order valence-electron chi connectivity index (χ1n) is 14.9. The average Bonchev–Trinajstić information content (AvgIpc) is 3.36. The Morgan fingerprint density at radius 2 is 1.78 bits per heavy atom. The van der Waals surface area contributed by atoms with Gasteiger partial charge in [0.25, 0.3) is 5.91 Å². The van der Waals surface area contributed by atoms with Crippen LogP contribution in [0.4, 0.5) is 0 Å². The van der Waals surface area contributed by atoms with E-state index in [9.17, 15) is 22.8 Å². The Balaban J connectivity index is 1.28. The van der Waals surface area contributed by atoms with Gasteiger partial charge in [0.05, 0.1) is 23.7 Å². The highest BCUT2D eigenvalue weighted by atomic mass is 35.5. The van der Waals surface area contributed by atoms with Crippen molar-refractivity contribution in [3.05, 3.63) is 63.3 Å². The van der Waals surface area contributed by atoms with Gasteiger partial charge in [0, 0.05) is 29.0 Å². The van der Waals surface area contributed by atoms with Crippen molar-refractivity contribution >= 4 is 61.8 Å². The minimum absolute atomic E-state index is 0.00500. The summed E-state index contributed by atoms with van der Waals surface area (Å²) in [5.74, 6) is -0.863. The molecular formula is C32H39Cl2N5O5S. The molecule has 4 atom stereocenters. The Kier molecular flexibility index (Phi) is 9.04. The number of nitrogens with one attached hydrogen (secondary N) is 3. The summed E-state index contributed by atoms with van der Waals surface area (Å²) in [6, 6.07) is 8.62. The number of hydrogen-bond donors (Lipinski definition) is 3. The lowest BCUT2D eigenvalue weighted by atomic mass is 9.77. The smallest absolute Gasteiger partial charge is 0.268 e. The lowest BCUT2D eigenvalue weighted by Gasteiger charge is -2.59. The molecule has 1 unspecified atom stereocenters. The fourth-order valence-corrected chi connectivity index (χ4v) is 8.20. The van der Waals surface area contributed by atoms with Gasteiger partial charge in [-0.15, -0.1) is 0 Å². The Hall–Kier alpha value is -3.12. The standard InChI is InChI=1S/C32H39Cl2N5O5S/c1-17-11-19(3)21-14-24(36-23(21)12-17)30(41)37-29(32(4,5)6)31(42)39-16-25-28(39)18(2)9-10-38(25)27(40)15-35-45(43,44)26-13-20(33)7-8-22(26)34/h7-8,11-14,18,25,28-29,35-36H,9-10,15-16H2,1-6H3,(H,37,41)/t18-,25+,28?,29+/m0/s1. The summed E-state index contributed by atoms with van der Waals surface area (Å²) in [5.41, 5.74) is 2.79. The summed E-state index contributed by atoms with van der Waals surface area (Å²) >= 11 is 12.0. The number of likely N-dealkylation sites (tertiary alicyclic amines) is 2. The summed E-state index contributed by atoms with van der Waals surface area (Å²) in [6.07, 6.45) is 0.643. The van der Waals surface area contributed by atoms with E-state index in [1.165, 1.54) is 18.2 Å². The minimum Gasteiger partial charge on any atom is -0.351 e. The first kappa shape index (κ1) is 33.2. The maximum Gasteiger partial charge on any atom is 0.268 e. The molecule has 45 heavy (non-hydrogen) atoms. The molecule has 5 rings (SSSR count). The number of hydrogen-bond acceptors (Lipinski definition) is 5. The third-order valence-corrected chi connectivity index (χ3v) is 11.0. The maximum atomic E-state index is 14.0. The van der Waals surface area contributed by atoms with Gasteiger partial charge in [-0.3, -0.25) is 14.4 Å². The quantitative estimate of drug-likeness (QED) is 0.335. The molecule has 0 saturated carbocycles. The third-order valence-electron chi connectivity index (χ3n) is 8.87. The van der Waals surface area contributed by atoms with Crippen molar-refractivity contribution in [3.63, 3.8) is 0 Å². The number of rotatable bonds is 7. The lowest BCUT2D eigenvalue weighted by molar-refractivity contribution is -0.166. The van der Waals surface area contributed by atoms with Crippen LogP contribution in [0.2, 0.25) is 10.0 Å². The molecule has 3 heterocycles. The van der Waals surface area contributed by atoms with Crippen LogP contribution >= 0.6 is 23.2 Å². The molecule has 10 nitrogen and oxygen atoms in total. The van der Waals surface area contributed by atoms with E-state index in [0.717, 1.165) is 22.0 Å². The van der Waals surface area contributed by atoms with Crippen molar-refractivity contribution in [1.82, 2.24) is 24.8 Å². The van der Waals surface area contributed by atoms with Crippen molar-refractivity contribution < 1.29 is 22.8 Å². The number of carbonyl (C=O) groups is 3. The van der Waals surface area contributed by atoms with Crippen LogP contribution in [-0.2, 0) is 19.6 Å². The molecule has 3 amide bonds. The Labute approximate surface area is 273 Å². The number of aromatic amines is 1. The SMILES string of the molecule is Cc1cc(C)c2cc(C(=O)N[C@H](C(=O)N3C[C@@H]4C3[C@@H](C)CCN4C(=O)CNS(=O)(=O)c3cc(Cl)ccc3Cl)C(C)(C)C)[nH]c2c1. The second kappa shape index (κ2) is 12.2. The maximum absolute atomic E-state index is 14.0. The number of piperidine rings is 1. The van der Waals surface area contributed by atoms with E-state index in [2.05, 4.69) is 21.1 Å². The number of nitrogens with zero attached hydrogens (tertiary/aromatic N) is 2. The van der Waals surface area contributed by atoms with Gasteiger partial charge in [0.1, 0.15) is 16.6 Å². The number of fused-ring (bicyclic) bond motifs is 2. The summed E-state index contributed by atoms with van der Waals surface area (Å²) in [6.45, 7) is 12.0. The summed E-state index contributed by atoms with van der Waals surface area (Å²) < 4.78 is 28.1. The zero-order valence-corrected chi connectivity index (χ0v) is 28.5. The van der Waals surface area contributed by atoms with Crippen molar-refractivity contribution in [2.45, 2.75) is 71.0 Å². The van der Waals surface area contributed by atoms with Gasteiger partial charge in [-0.1, -0.05) is 57.0 Å².